The van der Waals surface area contributed by atoms with E-state index in [1.165, 1.54) is 6.07 Å². The zero-order valence-corrected chi connectivity index (χ0v) is 12.9. The molecule has 0 amide bonds. The van der Waals surface area contributed by atoms with Crippen molar-refractivity contribution in [3.05, 3.63) is 29.8 Å². The van der Waals surface area contributed by atoms with Gasteiger partial charge in [0.1, 0.15) is 0 Å². The number of rotatable bonds is 2. The van der Waals surface area contributed by atoms with Crippen LogP contribution in [0.5, 0.6) is 0 Å². The molecule has 2 aliphatic rings. The summed E-state index contributed by atoms with van der Waals surface area (Å²) in [5.74, 6) is 0. The summed E-state index contributed by atoms with van der Waals surface area (Å²) in [4.78, 5) is 2.61. The second-order valence-corrected chi connectivity index (χ2v) is 7.74. The van der Waals surface area contributed by atoms with Crippen LogP contribution in [0.15, 0.2) is 29.2 Å². The predicted octanol–water partition coefficient (Wildman–Crippen LogP) is 1.42. The number of nitriles is 1. The molecule has 1 aromatic rings. The Balaban J connectivity index is 1.92. The number of benzene rings is 1. The average Bonchev–Trinajstić information content (AvgIpc) is 2.93. The average molecular weight is 305 g/mol. The van der Waals surface area contributed by atoms with Gasteiger partial charge in [0.25, 0.3) is 0 Å². The number of piperazine rings is 1. The van der Waals surface area contributed by atoms with Crippen molar-refractivity contribution < 1.29 is 8.42 Å². The largest absolute Gasteiger partial charge is 0.297 e. The minimum Gasteiger partial charge on any atom is -0.297 e. The third-order valence-electron chi connectivity index (χ3n) is 4.45. The highest BCUT2D eigenvalue weighted by Gasteiger charge is 2.40. The Bertz CT molecular complexity index is 680. The topological polar surface area (TPSA) is 64.4 Å². The van der Waals surface area contributed by atoms with Crippen LogP contribution >= 0.6 is 0 Å². The summed E-state index contributed by atoms with van der Waals surface area (Å²) in [7, 11) is -3.53. The van der Waals surface area contributed by atoms with E-state index in [-0.39, 0.29) is 10.9 Å². The first-order valence-corrected chi connectivity index (χ1v) is 8.72. The first kappa shape index (κ1) is 14.5. The molecular formula is C15H19N3O2S. The van der Waals surface area contributed by atoms with Crippen LogP contribution in [0.1, 0.15) is 25.3 Å². The Labute approximate surface area is 125 Å². The molecule has 2 heterocycles. The van der Waals surface area contributed by atoms with Crippen LogP contribution in [-0.2, 0) is 10.0 Å². The molecule has 0 aliphatic carbocycles. The number of nitrogens with zero attached hydrogens (tertiary/aromatic N) is 3. The minimum absolute atomic E-state index is 0.0323. The zero-order valence-electron chi connectivity index (χ0n) is 12.1. The van der Waals surface area contributed by atoms with E-state index in [9.17, 15) is 8.42 Å². The van der Waals surface area contributed by atoms with Crippen LogP contribution in [0, 0.1) is 11.3 Å². The van der Waals surface area contributed by atoms with Crippen molar-refractivity contribution in [3.63, 3.8) is 0 Å². The van der Waals surface area contributed by atoms with Crippen molar-refractivity contribution >= 4 is 10.0 Å². The minimum atomic E-state index is -3.53. The monoisotopic (exact) mass is 305 g/mol. The van der Waals surface area contributed by atoms with Gasteiger partial charge in [0.2, 0.25) is 10.0 Å². The molecule has 0 unspecified atom stereocenters. The van der Waals surface area contributed by atoms with E-state index in [2.05, 4.69) is 4.90 Å². The highest BCUT2D eigenvalue weighted by molar-refractivity contribution is 7.89. The van der Waals surface area contributed by atoms with Gasteiger partial charge in [0.15, 0.2) is 0 Å². The lowest BCUT2D eigenvalue weighted by Crippen LogP contribution is -2.56. The maximum absolute atomic E-state index is 12.9. The molecular weight excluding hydrogens is 286 g/mol. The van der Waals surface area contributed by atoms with Gasteiger partial charge < -0.3 is 0 Å². The van der Waals surface area contributed by atoms with Crippen molar-refractivity contribution in [2.24, 2.45) is 0 Å². The Hall–Kier alpha value is -1.42. The molecule has 5 nitrogen and oxygen atoms in total. The Kier molecular flexibility index (Phi) is 3.74. The van der Waals surface area contributed by atoms with Gasteiger partial charge in [-0.15, -0.1) is 0 Å². The maximum Gasteiger partial charge on any atom is 0.243 e. The molecule has 6 heteroatoms. The van der Waals surface area contributed by atoms with Gasteiger partial charge in [-0.05, 0) is 44.5 Å². The second kappa shape index (κ2) is 5.41. The highest BCUT2D eigenvalue weighted by atomic mass is 32.2. The molecule has 0 radical (unpaired) electrons. The molecule has 0 saturated carbocycles. The van der Waals surface area contributed by atoms with Crippen molar-refractivity contribution in [1.82, 2.24) is 9.21 Å². The third-order valence-corrected chi connectivity index (χ3v) is 6.43. The van der Waals surface area contributed by atoms with Gasteiger partial charge in [0.05, 0.1) is 16.5 Å². The van der Waals surface area contributed by atoms with E-state index < -0.39 is 10.0 Å². The van der Waals surface area contributed by atoms with Crippen LogP contribution in [0.2, 0.25) is 0 Å². The molecule has 1 aromatic carbocycles. The first-order chi connectivity index (χ1) is 10.0. The molecule has 2 aliphatic heterocycles. The number of sulfonamides is 1. The Morgan fingerprint density at radius 2 is 2.14 bits per heavy atom. The summed E-state index contributed by atoms with van der Waals surface area (Å²) in [6, 6.07) is 8.59. The van der Waals surface area contributed by atoms with Crippen LogP contribution in [0.3, 0.4) is 0 Å². The standard InChI is InChI=1S/C15H19N3O2S/c1-12-10-17-7-3-5-14(17)11-18(12)21(19,20)15-6-2-4-13(8-15)9-16/h2,4,6,8,12,14H,3,5,7,10-11H2,1H3/t12-,14+/m1/s1. The number of fused-ring (bicyclic) bond motifs is 1. The van der Waals surface area contributed by atoms with Gasteiger partial charge in [-0.25, -0.2) is 8.42 Å². The van der Waals surface area contributed by atoms with Crippen molar-refractivity contribution in [3.8, 4) is 6.07 Å². The lowest BCUT2D eigenvalue weighted by atomic mass is 10.1. The molecule has 21 heavy (non-hydrogen) atoms. The summed E-state index contributed by atoms with van der Waals surface area (Å²) >= 11 is 0. The summed E-state index contributed by atoms with van der Waals surface area (Å²) in [5.41, 5.74) is 0.378. The van der Waals surface area contributed by atoms with E-state index in [4.69, 9.17) is 5.26 Å². The predicted molar refractivity (Wildman–Crippen MR) is 79.1 cm³/mol. The first-order valence-electron chi connectivity index (χ1n) is 7.28. The molecule has 2 fully saturated rings. The van der Waals surface area contributed by atoms with Gasteiger partial charge in [-0.2, -0.15) is 9.57 Å². The SMILES string of the molecule is C[C@@H]1CN2CCC[C@H]2CN1S(=O)(=O)c1cccc(C#N)c1. The number of hydrogen-bond acceptors (Lipinski definition) is 4. The molecule has 0 N–H and O–H groups in total. The van der Waals surface area contributed by atoms with E-state index in [1.54, 1.807) is 22.5 Å². The van der Waals surface area contributed by atoms with E-state index in [0.717, 1.165) is 25.9 Å². The summed E-state index contributed by atoms with van der Waals surface area (Å²) in [5, 5.41) is 8.95. The Morgan fingerprint density at radius 3 is 2.90 bits per heavy atom. The van der Waals surface area contributed by atoms with Gasteiger partial charge >= 0.3 is 0 Å². The zero-order chi connectivity index (χ0) is 15.0. The smallest absolute Gasteiger partial charge is 0.243 e. The quantitative estimate of drug-likeness (QED) is 0.829. The fourth-order valence-corrected chi connectivity index (χ4v) is 5.06. The summed E-state index contributed by atoms with van der Waals surface area (Å²) in [6.07, 6.45) is 2.21. The van der Waals surface area contributed by atoms with E-state index >= 15 is 0 Å². The summed E-state index contributed by atoms with van der Waals surface area (Å²) in [6.45, 7) is 4.38. The summed E-state index contributed by atoms with van der Waals surface area (Å²) < 4.78 is 27.3. The van der Waals surface area contributed by atoms with Crippen LogP contribution in [0.25, 0.3) is 0 Å². The van der Waals surface area contributed by atoms with Crippen molar-refractivity contribution in [2.45, 2.75) is 36.7 Å². The molecule has 2 atom stereocenters. The number of hydrogen-bond donors (Lipinski definition) is 0. The van der Waals surface area contributed by atoms with Crippen molar-refractivity contribution in [2.75, 3.05) is 19.6 Å². The fraction of sp³-hybridized carbons (Fsp3) is 0.533. The normalized spacial score (nSPS) is 27.2. The molecule has 112 valence electrons. The Morgan fingerprint density at radius 1 is 1.33 bits per heavy atom. The molecule has 2 saturated heterocycles. The fourth-order valence-electron chi connectivity index (χ4n) is 3.36. The maximum atomic E-state index is 12.9. The van der Waals surface area contributed by atoms with Crippen LogP contribution in [-0.4, -0.2) is 49.3 Å². The van der Waals surface area contributed by atoms with E-state index in [1.807, 2.05) is 13.0 Å². The molecule has 3 rings (SSSR count). The highest BCUT2D eigenvalue weighted by Crippen LogP contribution is 2.29. The van der Waals surface area contributed by atoms with Crippen LogP contribution < -0.4 is 0 Å². The lowest BCUT2D eigenvalue weighted by molar-refractivity contribution is 0.117. The second-order valence-electron chi connectivity index (χ2n) is 5.85. The van der Waals surface area contributed by atoms with Gasteiger partial charge in [-0.3, -0.25) is 4.90 Å². The molecule has 0 aromatic heterocycles. The van der Waals surface area contributed by atoms with E-state index in [0.29, 0.717) is 18.2 Å². The lowest BCUT2D eigenvalue weighted by Gasteiger charge is -2.41. The van der Waals surface area contributed by atoms with Crippen LogP contribution in [0.4, 0.5) is 0 Å². The van der Waals surface area contributed by atoms with Gasteiger partial charge in [0, 0.05) is 25.2 Å². The van der Waals surface area contributed by atoms with Gasteiger partial charge in [-0.1, -0.05) is 6.07 Å². The molecule has 0 spiro atoms. The molecule has 0 bridgehead atoms. The third kappa shape index (κ3) is 2.57. The van der Waals surface area contributed by atoms with Crippen molar-refractivity contribution in [1.29, 1.82) is 5.26 Å².